The van der Waals surface area contributed by atoms with Gasteiger partial charge in [-0.05, 0) is 30.5 Å². The van der Waals surface area contributed by atoms with Crippen molar-refractivity contribution >= 4 is 21.7 Å². The lowest BCUT2D eigenvalue weighted by atomic mass is 10.1. The van der Waals surface area contributed by atoms with Gasteiger partial charge in [0.25, 0.3) is 10.0 Å². The molecule has 8 heteroatoms. The molecule has 0 aliphatic carbocycles. The summed E-state index contributed by atoms with van der Waals surface area (Å²) < 4.78 is 29.3. The second-order valence-corrected chi connectivity index (χ2v) is 6.73. The number of carboxylic acids is 1. The van der Waals surface area contributed by atoms with Crippen molar-refractivity contribution in [2.45, 2.75) is 38.1 Å². The minimum absolute atomic E-state index is 0.0249. The van der Waals surface area contributed by atoms with Gasteiger partial charge >= 0.3 is 5.97 Å². The van der Waals surface area contributed by atoms with Crippen molar-refractivity contribution in [1.29, 1.82) is 0 Å². The monoisotopic (exact) mass is 337 g/mol. The van der Waals surface area contributed by atoms with Crippen LogP contribution in [0.5, 0.6) is 0 Å². The van der Waals surface area contributed by atoms with E-state index in [1.54, 1.807) is 10.9 Å². The predicted octanol–water partition coefficient (Wildman–Crippen LogP) is 2.35. The number of hydrogen-bond acceptors (Lipinski definition) is 4. The van der Waals surface area contributed by atoms with Crippen LogP contribution in [0.25, 0.3) is 0 Å². The highest BCUT2D eigenvalue weighted by Gasteiger charge is 2.20. The molecule has 1 heterocycles. The number of aromatic carboxylic acids is 1. The molecule has 2 aromatic rings. The van der Waals surface area contributed by atoms with E-state index in [0.717, 1.165) is 6.42 Å². The average Bonchev–Trinajstić information content (AvgIpc) is 2.93. The molecule has 0 atom stereocenters. The second kappa shape index (κ2) is 6.82. The molecule has 0 amide bonds. The van der Waals surface area contributed by atoms with Gasteiger partial charge in [0.1, 0.15) is 0 Å². The summed E-state index contributed by atoms with van der Waals surface area (Å²) in [7, 11) is -3.88. The molecule has 1 aromatic carbocycles. The largest absolute Gasteiger partial charge is 0.478 e. The standard InChI is InChI=1S/C15H19N3O4S/c1-3-7-18-10-13(9-16-18)17-23(21,22)14-8-12(15(19)20)6-5-11(14)4-2/h5-6,8-10,17H,3-4,7H2,1-2H3,(H,19,20). The van der Waals surface area contributed by atoms with E-state index in [1.807, 2.05) is 13.8 Å². The highest BCUT2D eigenvalue weighted by Crippen LogP contribution is 2.22. The maximum Gasteiger partial charge on any atom is 0.335 e. The summed E-state index contributed by atoms with van der Waals surface area (Å²) >= 11 is 0. The van der Waals surface area contributed by atoms with Gasteiger partial charge in [0.05, 0.1) is 22.3 Å². The number of hydrogen-bond donors (Lipinski definition) is 2. The van der Waals surface area contributed by atoms with Crippen LogP contribution in [0.2, 0.25) is 0 Å². The molecular formula is C15H19N3O4S. The molecule has 2 N–H and O–H groups in total. The number of rotatable bonds is 7. The minimum atomic E-state index is -3.88. The van der Waals surface area contributed by atoms with Gasteiger partial charge in [-0.2, -0.15) is 5.10 Å². The third-order valence-electron chi connectivity index (χ3n) is 3.32. The fourth-order valence-electron chi connectivity index (χ4n) is 2.21. The van der Waals surface area contributed by atoms with Gasteiger partial charge in [-0.3, -0.25) is 9.40 Å². The van der Waals surface area contributed by atoms with Gasteiger partial charge in [-0.1, -0.05) is 19.9 Å². The van der Waals surface area contributed by atoms with Gasteiger partial charge in [0.15, 0.2) is 0 Å². The number of anilines is 1. The van der Waals surface area contributed by atoms with Crippen molar-refractivity contribution in [3.8, 4) is 0 Å². The van der Waals surface area contributed by atoms with Gasteiger partial charge in [-0.15, -0.1) is 0 Å². The summed E-state index contributed by atoms with van der Waals surface area (Å²) in [5, 5.41) is 13.1. The third-order valence-corrected chi connectivity index (χ3v) is 4.79. The van der Waals surface area contributed by atoms with E-state index in [-0.39, 0.29) is 10.5 Å². The van der Waals surface area contributed by atoms with Gasteiger partial charge < -0.3 is 5.11 Å². The molecule has 0 spiro atoms. The van der Waals surface area contributed by atoms with Crippen molar-refractivity contribution in [2.24, 2.45) is 0 Å². The third kappa shape index (κ3) is 3.89. The Labute approximate surface area is 135 Å². The zero-order valence-corrected chi connectivity index (χ0v) is 13.8. The molecule has 2 rings (SSSR count). The molecule has 0 fully saturated rings. The van der Waals surface area contributed by atoms with E-state index in [9.17, 15) is 13.2 Å². The van der Waals surface area contributed by atoms with Crippen molar-refractivity contribution in [1.82, 2.24) is 9.78 Å². The Kier molecular flexibility index (Phi) is 5.05. The number of aromatic nitrogens is 2. The number of carboxylic acid groups (broad SMARTS) is 1. The maximum absolute atomic E-state index is 12.6. The number of nitrogens with one attached hydrogen (secondary N) is 1. The molecule has 0 aliphatic heterocycles. The molecule has 0 bridgehead atoms. The summed E-state index contributed by atoms with van der Waals surface area (Å²) in [6.07, 6.45) is 4.40. The van der Waals surface area contributed by atoms with Crippen molar-refractivity contribution in [3.63, 3.8) is 0 Å². The first-order valence-corrected chi connectivity index (χ1v) is 8.77. The lowest BCUT2D eigenvalue weighted by molar-refractivity contribution is 0.0696. The van der Waals surface area contributed by atoms with Crippen LogP contribution in [0, 0.1) is 0 Å². The van der Waals surface area contributed by atoms with Gasteiger partial charge in [0, 0.05) is 12.7 Å². The first-order valence-electron chi connectivity index (χ1n) is 7.29. The van der Waals surface area contributed by atoms with E-state index in [4.69, 9.17) is 5.11 Å². The van der Waals surface area contributed by atoms with Crippen LogP contribution >= 0.6 is 0 Å². The maximum atomic E-state index is 12.6. The molecule has 23 heavy (non-hydrogen) atoms. The van der Waals surface area contributed by atoms with Crippen molar-refractivity contribution in [2.75, 3.05) is 4.72 Å². The summed E-state index contributed by atoms with van der Waals surface area (Å²) in [5.41, 5.74) is 0.842. The highest BCUT2D eigenvalue weighted by atomic mass is 32.2. The average molecular weight is 337 g/mol. The molecule has 0 radical (unpaired) electrons. The fraction of sp³-hybridized carbons (Fsp3) is 0.333. The van der Waals surface area contributed by atoms with Crippen LogP contribution in [0.3, 0.4) is 0 Å². The topological polar surface area (TPSA) is 101 Å². The molecule has 1 aromatic heterocycles. The number of sulfonamides is 1. The molecule has 0 saturated heterocycles. The number of nitrogens with zero attached hydrogens (tertiary/aromatic N) is 2. The summed E-state index contributed by atoms with van der Waals surface area (Å²) in [6.45, 7) is 4.50. The molecule has 0 unspecified atom stereocenters. The lowest BCUT2D eigenvalue weighted by Gasteiger charge is -2.11. The minimum Gasteiger partial charge on any atom is -0.478 e. The highest BCUT2D eigenvalue weighted by molar-refractivity contribution is 7.92. The van der Waals surface area contributed by atoms with Crippen molar-refractivity contribution < 1.29 is 18.3 Å². The van der Waals surface area contributed by atoms with Crippen LogP contribution in [0.15, 0.2) is 35.5 Å². The van der Waals surface area contributed by atoms with E-state index in [0.29, 0.717) is 24.2 Å². The molecule has 124 valence electrons. The molecule has 0 aliphatic rings. The zero-order valence-electron chi connectivity index (χ0n) is 13.0. The van der Waals surface area contributed by atoms with Crippen LogP contribution in [-0.4, -0.2) is 29.3 Å². The molecule has 0 saturated carbocycles. The Hall–Kier alpha value is -2.35. The summed E-state index contributed by atoms with van der Waals surface area (Å²) in [6, 6.07) is 4.11. The van der Waals surface area contributed by atoms with Crippen LogP contribution in [0.4, 0.5) is 5.69 Å². The Balaban J connectivity index is 2.37. The quantitative estimate of drug-likeness (QED) is 0.807. The van der Waals surface area contributed by atoms with E-state index in [1.165, 1.54) is 24.4 Å². The molecular weight excluding hydrogens is 318 g/mol. The molecule has 7 nitrogen and oxygen atoms in total. The first-order chi connectivity index (χ1) is 10.9. The van der Waals surface area contributed by atoms with Crippen LogP contribution < -0.4 is 4.72 Å². The van der Waals surface area contributed by atoms with E-state index in [2.05, 4.69) is 9.82 Å². The zero-order chi connectivity index (χ0) is 17.0. The fourth-order valence-corrected chi connectivity index (χ4v) is 3.57. The van der Waals surface area contributed by atoms with Gasteiger partial charge in [0.2, 0.25) is 0 Å². The summed E-state index contributed by atoms with van der Waals surface area (Å²) in [4.78, 5) is 11.1. The Morgan fingerprint density at radius 1 is 1.35 bits per heavy atom. The van der Waals surface area contributed by atoms with E-state index >= 15 is 0 Å². The first kappa shape index (κ1) is 17.0. The smallest absolute Gasteiger partial charge is 0.335 e. The number of benzene rings is 1. The lowest BCUT2D eigenvalue weighted by Crippen LogP contribution is -2.15. The van der Waals surface area contributed by atoms with E-state index < -0.39 is 16.0 Å². The Bertz CT molecular complexity index is 812. The summed E-state index contributed by atoms with van der Waals surface area (Å²) in [5.74, 6) is -1.17. The second-order valence-electron chi connectivity index (χ2n) is 5.08. The predicted molar refractivity (Wildman–Crippen MR) is 86.1 cm³/mol. The van der Waals surface area contributed by atoms with Crippen LogP contribution in [-0.2, 0) is 23.0 Å². The van der Waals surface area contributed by atoms with Crippen molar-refractivity contribution in [3.05, 3.63) is 41.7 Å². The Morgan fingerprint density at radius 3 is 2.70 bits per heavy atom. The van der Waals surface area contributed by atoms with Gasteiger partial charge in [-0.25, -0.2) is 13.2 Å². The van der Waals surface area contributed by atoms with Crippen LogP contribution in [0.1, 0.15) is 36.2 Å². The SMILES string of the molecule is CCCn1cc(NS(=O)(=O)c2cc(C(=O)O)ccc2CC)cn1. The number of carbonyl (C=O) groups is 1. The Morgan fingerprint density at radius 2 is 2.09 bits per heavy atom. The normalized spacial score (nSPS) is 11.4. The number of aryl methyl sites for hydroxylation is 2.